The van der Waals surface area contributed by atoms with Crippen LogP contribution in [0.4, 0.5) is 28.4 Å². The van der Waals surface area contributed by atoms with Gasteiger partial charge in [0.05, 0.1) is 0 Å². The van der Waals surface area contributed by atoms with Crippen LogP contribution in [0, 0.1) is 0 Å². The maximum atomic E-state index is 2.56. The second kappa shape index (κ2) is 12.1. The van der Waals surface area contributed by atoms with E-state index in [9.17, 15) is 0 Å². The minimum absolute atomic E-state index is 0.121. The number of anilines is 5. The van der Waals surface area contributed by atoms with E-state index in [0.29, 0.717) is 0 Å². The summed E-state index contributed by atoms with van der Waals surface area (Å²) in [5.74, 6) is 0. The molecule has 2 aliphatic heterocycles. The highest BCUT2D eigenvalue weighted by Crippen LogP contribution is 2.58. The van der Waals surface area contributed by atoms with Gasteiger partial charge in [0.25, 0.3) is 0 Å². The van der Waals surface area contributed by atoms with Crippen LogP contribution in [0.5, 0.6) is 0 Å². The number of nitrogens with zero attached hydrogens (tertiary/aromatic N) is 2. The van der Waals surface area contributed by atoms with Crippen LogP contribution in [0.2, 0.25) is 0 Å². The van der Waals surface area contributed by atoms with Crippen LogP contribution < -0.4 is 9.80 Å². The van der Waals surface area contributed by atoms with Crippen molar-refractivity contribution in [2.75, 3.05) is 16.3 Å². The van der Waals surface area contributed by atoms with Crippen molar-refractivity contribution in [2.24, 2.45) is 0 Å². The van der Waals surface area contributed by atoms with E-state index in [2.05, 4.69) is 168 Å². The van der Waals surface area contributed by atoms with E-state index < -0.39 is 0 Å². The Morgan fingerprint density at radius 1 is 0.472 bits per heavy atom. The Labute approximate surface area is 312 Å². The molecular weight excluding hydrogens is 641 g/mol. The largest absolute Gasteiger partial charge is 0.341 e. The smallest absolute Gasteiger partial charge is 0.0497 e. The van der Waals surface area contributed by atoms with Crippen LogP contribution in [0.25, 0.3) is 34.1 Å². The molecule has 0 unspecified atom stereocenters. The predicted molar refractivity (Wildman–Crippen MR) is 223 cm³/mol. The van der Waals surface area contributed by atoms with Crippen molar-refractivity contribution in [1.82, 2.24) is 0 Å². The molecule has 0 atom stereocenters. The monoisotopic (exact) mass is 682 g/mol. The third-order valence-corrected chi connectivity index (χ3v) is 12.7. The average Bonchev–Trinajstić information content (AvgIpc) is 3.82. The molecule has 7 aromatic carbocycles. The van der Waals surface area contributed by atoms with Gasteiger partial charge in [-0.15, -0.1) is 0 Å². The Hall–Kier alpha value is -5.86. The molecule has 0 saturated heterocycles. The topological polar surface area (TPSA) is 6.48 Å². The first-order valence-electron chi connectivity index (χ1n) is 19.5. The zero-order valence-electron chi connectivity index (χ0n) is 30.1. The van der Waals surface area contributed by atoms with Gasteiger partial charge in [0, 0.05) is 46.8 Å². The Morgan fingerprint density at radius 2 is 1.06 bits per heavy atom. The average molecular weight is 683 g/mol. The van der Waals surface area contributed by atoms with E-state index in [1.54, 1.807) is 5.56 Å². The first kappa shape index (κ1) is 30.7. The summed E-state index contributed by atoms with van der Waals surface area (Å²) >= 11 is 0. The van der Waals surface area contributed by atoms with Gasteiger partial charge in [0.15, 0.2) is 0 Å². The highest BCUT2D eigenvalue weighted by Gasteiger charge is 2.45. The van der Waals surface area contributed by atoms with Crippen molar-refractivity contribution in [3.8, 4) is 11.1 Å². The SMILES string of the molecule is C(=Cc1ccc2cc(N3c4ccccc4Cc4ccccc43)ccc2c1)c1ccc2c(c1)C1(CCCC1)c1cc(N3CCCc4ccccc43)ccc1-2. The van der Waals surface area contributed by atoms with Crippen LogP contribution >= 0.6 is 0 Å². The minimum atomic E-state index is 0.121. The summed E-state index contributed by atoms with van der Waals surface area (Å²) in [5, 5.41) is 2.52. The van der Waals surface area contributed by atoms with Gasteiger partial charge in [-0.3, -0.25) is 0 Å². The summed E-state index contributed by atoms with van der Waals surface area (Å²) < 4.78 is 0. The molecule has 0 amide bonds. The Morgan fingerprint density at radius 3 is 1.83 bits per heavy atom. The first-order chi connectivity index (χ1) is 26.2. The quantitative estimate of drug-likeness (QED) is 0.171. The maximum Gasteiger partial charge on any atom is 0.0497 e. The lowest BCUT2D eigenvalue weighted by Gasteiger charge is -2.33. The van der Waals surface area contributed by atoms with E-state index in [-0.39, 0.29) is 5.41 Å². The van der Waals surface area contributed by atoms with Crippen LogP contribution in [-0.2, 0) is 18.3 Å². The summed E-state index contributed by atoms with van der Waals surface area (Å²) in [7, 11) is 0. The first-order valence-corrected chi connectivity index (χ1v) is 19.5. The standard InChI is InChI=1S/C51H42N2/c1-4-14-48-37(10-1)13-9-29-52(48)42-24-26-45-44-25-20-36(31-46(44)51(47(45)34-42)27-7-8-28-51)18-17-35-19-21-39-33-43(23-22-38(39)30-35)53-49-15-5-2-11-40(49)32-41-12-3-6-16-50(41)53/h1-6,10-12,14-26,30-31,33-34H,7-9,13,27-29,32H2. The second-order valence-corrected chi connectivity index (χ2v) is 15.6. The fraction of sp³-hybridized carbons (Fsp3) is 0.176. The zero-order chi connectivity index (χ0) is 34.9. The number of hydrogen-bond acceptors (Lipinski definition) is 2. The van der Waals surface area contributed by atoms with E-state index in [4.69, 9.17) is 0 Å². The molecule has 1 spiro atoms. The van der Waals surface area contributed by atoms with Crippen molar-refractivity contribution in [3.63, 3.8) is 0 Å². The lowest BCUT2D eigenvalue weighted by Crippen LogP contribution is -2.25. The molecule has 2 aliphatic carbocycles. The van der Waals surface area contributed by atoms with Gasteiger partial charge in [0.1, 0.15) is 0 Å². The van der Waals surface area contributed by atoms with E-state index >= 15 is 0 Å². The summed E-state index contributed by atoms with van der Waals surface area (Å²) in [6, 6.07) is 55.0. The fourth-order valence-electron chi connectivity index (χ4n) is 10.1. The molecule has 2 heteroatoms. The molecule has 1 saturated carbocycles. The van der Waals surface area contributed by atoms with Gasteiger partial charge >= 0.3 is 0 Å². The lowest BCUT2D eigenvalue weighted by molar-refractivity contribution is 0.549. The summed E-state index contributed by atoms with van der Waals surface area (Å²) in [6.45, 7) is 1.09. The van der Waals surface area contributed by atoms with Crippen molar-refractivity contribution >= 4 is 51.4 Å². The minimum Gasteiger partial charge on any atom is -0.341 e. The maximum absolute atomic E-state index is 2.56. The van der Waals surface area contributed by atoms with E-state index in [0.717, 1.165) is 13.0 Å². The molecular formula is C51H42N2. The molecule has 0 N–H and O–H groups in total. The van der Waals surface area contributed by atoms with Gasteiger partial charge in [-0.1, -0.05) is 122 Å². The molecule has 0 radical (unpaired) electrons. The molecule has 7 aromatic rings. The second-order valence-electron chi connectivity index (χ2n) is 15.6. The van der Waals surface area contributed by atoms with E-state index in [1.165, 1.54) is 122 Å². The fourth-order valence-corrected chi connectivity index (χ4v) is 10.1. The van der Waals surface area contributed by atoms with Crippen LogP contribution in [0.1, 0.15) is 71.0 Å². The highest BCUT2D eigenvalue weighted by molar-refractivity contribution is 5.93. The summed E-state index contributed by atoms with van der Waals surface area (Å²) in [5.41, 5.74) is 19.3. The predicted octanol–water partition coefficient (Wildman–Crippen LogP) is 13.3. The zero-order valence-corrected chi connectivity index (χ0v) is 30.1. The van der Waals surface area contributed by atoms with E-state index in [1.807, 2.05) is 0 Å². The number of hydrogen-bond donors (Lipinski definition) is 0. The Kier molecular flexibility index (Phi) is 7.02. The molecule has 0 aromatic heterocycles. The number of rotatable bonds is 4. The van der Waals surface area contributed by atoms with Gasteiger partial charge in [0.2, 0.25) is 0 Å². The summed E-state index contributed by atoms with van der Waals surface area (Å²) in [6.07, 6.45) is 13.0. The molecule has 2 nitrogen and oxygen atoms in total. The number of para-hydroxylation sites is 3. The third kappa shape index (κ3) is 4.92. The van der Waals surface area contributed by atoms with Crippen molar-refractivity contribution in [2.45, 2.75) is 50.4 Å². The molecule has 0 bridgehead atoms. The Bertz CT molecular complexity index is 2560. The highest BCUT2D eigenvalue weighted by atomic mass is 15.2. The molecule has 11 rings (SSSR count). The molecule has 53 heavy (non-hydrogen) atoms. The molecule has 1 fully saturated rings. The number of benzene rings is 7. The summed E-state index contributed by atoms with van der Waals surface area (Å²) in [4.78, 5) is 4.99. The normalized spacial score (nSPS) is 16.5. The van der Waals surface area contributed by atoms with Crippen molar-refractivity contribution < 1.29 is 0 Å². The molecule has 4 aliphatic rings. The van der Waals surface area contributed by atoms with Crippen molar-refractivity contribution in [1.29, 1.82) is 0 Å². The van der Waals surface area contributed by atoms with Crippen molar-refractivity contribution in [3.05, 3.63) is 185 Å². The Balaban J connectivity index is 0.899. The lowest BCUT2D eigenvalue weighted by atomic mass is 9.76. The van der Waals surface area contributed by atoms with Crippen LogP contribution in [0.15, 0.2) is 146 Å². The van der Waals surface area contributed by atoms with Gasteiger partial charge in [-0.2, -0.15) is 0 Å². The number of fused-ring (bicyclic) bond motifs is 9. The van der Waals surface area contributed by atoms with Gasteiger partial charge in [-0.25, -0.2) is 0 Å². The van der Waals surface area contributed by atoms with Crippen LogP contribution in [0.3, 0.4) is 0 Å². The van der Waals surface area contributed by atoms with Gasteiger partial charge in [-0.05, 0) is 135 Å². The third-order valence-electron chi connectivity index (χ3n) is 12.7. The van der Waals surface area contributed by atoms with Crippen LogP contribution in [-0.4, -0.2) is 6.54 Å². The van der Waals surface area contributed by atoms with Gasteiger partial charge < -0.3 is 9.80 Å². The molecule has 2 heterocycles. The number of aryl methyl sites for hydroxylation is 1. The molecule has 256 valence electrons.